The Bertz CT molecular complexity index is 907. The first-order valence-corrected chi connectivity index (χ1v) is 8.93. The summed E-state index contributed by atoms with van der Waals surface area (Å²) in [7, 11) is 1.86. The lowest BCUT2D eigenvalue weighted by atomic mass is 10.0. The summed E-state index contributed by atoms with van der Waals surface area (Å²) in [5.74, 6) is 1.48. The number of nitrogens with two attached hydrogens (primary N) is 1. The molecule has 0 bridgehead atoms. The molecule has 4 rings (SSSR count). The number of morpholine rings is 1. The summed E-state index contributed by atoms with van der Waals surface area (Å²) in [6, 6.07) is 10.3. The first-order chi connectivity index (χ1) is 12.5. The maximum Gasteiger partial charge on any atom is 0.229 e. The summed E-state index contributed by atoms with van der Waals surface area (Å²) >= 11 is 0. The Morgan fingerprint density at radius 2 is 1.92 bits per heavy atom. The van der Waals surface area contributed by atoms with E-state index in [1.54, 1.807) is 10.9 Å². The molecule has 26 heavy (non-hydrogen) atoms. The number of hydrogen-bond donors (Lipinski definition) is 1. The van der Waals surface area contributed by atoms with E-state index >= 15 is 0 Å². The van der Waals surface area contributed by atoms with Gasteiger partial charge in [-0.15, -0.1) is 0 Å². The molecule has 1 aliphatic rings. The molecule has 2 aromatic heterocycles. The summed E-state index contributed by atoms with van der Waals surface area (Å²) < 4.78 is 8.09. The summed E-state index contributed by atoms with van der Waals surface area (Å²) in [6.45, 7) is 5.78. The second-order valence-electron chi connectivity index (χ2n) is 7.14. The Morgan fingerprint density at radius 1 is 1.15 bits per heavy atom. The molecule has 0 aliphatic carbocycles. The van der Waals surface area contributed by atoms with E-state index in [4.69, 9.17) is 15.5 Å². The fourth-order valence-electron chi connectivity index (χ4n) is 3.35. The average molecular weight is 352 g/mol. The zero-order valence-corrected chi connectivity index (χ0v) is 15.3. The van der Waals surface area contributed by atoms with Gasteiger partial charge in [-0.3, -0.25) is 4.68 Å². The van der Waals surface area contributed by atoms with Crippen molar-refractivity contribution in [2.75, 3.05) is 23.7 Å². The molecule has 1 saturated heterocycles. The van der Waals surface area contributed by atoms with Gasteiger partial charge >= 0.3 is 0 Å². The molecule has 3 heterocycles. The maximum absolute atomic E-state index is 6.37. The smallest absolute Gasteiger partial charge is 0.229 e. The van der Waals surface area contributed by atoms with Crippen LogP contribution in [0.25, 0.3) is 11.0 Å². The third-order valence-corrected chi connectivity index (χ3v) is 4.93. The number of hydrogen-bond acceptors (Lipinski definition) is 6. The minimum atomic E-state index is -0.0237. The van der Waals surface area contributed by atoms with Gasteiger partial charge in [-0.25, -0.2) is 0 Å². The molecule has 2 atom stereocenters. The van der Waals surface area contributed by atoms with Gasteiger partial charge in [0.25, 0.3) is 0 Å². The highest BCUT2D eigenvalue weighted by atomic mass is 16.5. The van der Waals surface area contributed by atoms with Crippen LogP contribution >= 0.6 is 0 Å². The molecule has 0 unspecified atom stereocenters. The van der Waals surface area contributed by atoms with Gasteiger partial charge in [-0.2, -0.15) is 15.1 Å². The molecular weight excluding hydrogens is 328 g/mol. The molecule has 3 aromatic rings. The standard InChI is InChI=1S/C19H24N6O/c1-12(2)15-10-25(11-16(26-15)13-7-5-4-6-8-13)19-22-17(20)14-9-21-24(3)18(14)23-19/h4-9,12,15-16H,10-11H2,1-3H3,(H2,20,22,23)/t15-,16+/m1/s1. The number of fused-ring (bicyclic) bond motifs is 1. The van der Waals surface area contributed by atoms with Gasteiger partial charge < -0.3 is 15.4 Å². The fraction of sp³-hybridized carbons (Fsp3) is 0.421. The minimum Gasteiger partial charge on any atom is -0.383 e. The van der Waals surface area contributed by atoms with Gasteiger partial charge in [0, 0.05) is 13.6 Å². The number of nitrogen functional groups attached to an aromatic ring is 1. The lowest BCUT2D eigenvalue weighted by Gasteiger charge is -2.40. The number of ether oxygens (including phenoxy) is 1. The highest BCUT2D eigenvalue weighted by Gasteiger charge is 2.32. The lowest BCUT2D eigenvalue weighted by Crippen LogP contribution is -2.47. The number of benzene rings is 1. The van der Waals surface area contributed by atoms with Crippen molar-refractivity contribution in [3.8, 4) is 0 Å². The van der Waals surface area contributed by atoms with Crippen molar-refractivity contribution in [2.24, 2.45) is 13.0 Å². The first kappa shape index (κ1) is 16.8. The number of aromatic nitrogens is 4. The van der Waals surface area contributed by atoms with E-state index < -0.39 is 0 Å². The van der Waals surface area contributed by atoms with Crippen LogP contribution in [0.2, 0.25) is 0 Å². The molecule has 7 heteroatoms. The van der Waals surface area contributed by atoms with E-state index in [0.29, 0.717) is 24.2 Å². The Morgan fingerprint density at radius 3 is 2.65 bits per heavy atom. The average Bonchev–Trinajstić information content (AvgIpc) is 3.03. The predicted molar refractivity (Wildman–Crippen MR) is 102 cm³/mol. The summed E-state index contributed by atoms with van der Waals surface area (Å²) in [5, 5.41) is 5.02. The zero-order chi connectivity index (χ0) is 18.3. The Kier molecular flexibility index (Phi) is 4.24. The van der Waals surface area contributed by atoms with Crippen LogP contribution in [-0.4, -0.2) is 38.9 Å². The van der Waals surface area contributed by atoms with Crippen LogP contribution in [0.1, 0.15) is 25.5 Å². The first-order valence-electron chi connectivity index (χ1n) is 8.93. The van der Waals surface area contributed by atoms with Crippen LogP contribution in [0.5, 0.6) is 0 Å². The highest BCUT2D eigenvalue weighted by Crippen LogP contribution is 2.31. The highest BCUT2D eigenvalue weighted by molar-refractivity contribution is 5.86. The minimum absolute atomic E-state index is 0.0237. The van der Waals surface area contributed by atoms with Crippen LogP contribution < -0.4 is 10.6 Å². The van der Waals surface area contributed by atoms with Gasteiger partial charge in [-0.1, -0.05) is 44.2 Å². The van der Waals surface area contributed by atoms with E-state index in [2.05, 4.69) is 41.0 Å². The quantitative estimate of drug-likeness (QED) is 0.780. The number of nitrogens with zero attached hydrogens (tertiary/aromatic N) is 5. The van der Waals surface area contributed by atoms with Crippen molar-refractivity contribution >= 4 is 22.8 Å². The third kappa shape index (κ3) is 2.99. The monoisotopic (exact) mass is 352 g/mol. The number of rotatable bonds is 3. The SMILES string of the molecule is CC(C)[C@H]1CN(c2nc(N)c3cnn(C)c3n2)C[C@@H](c2ccccc2)O1. The lowest BCUT2D eigenvalue weighted by molar-refractivity contribution is -0.0502. The second kappa shape index (κ2) is 6.57. The van der Waals surface area contributed by atoms with E-state index in [0.717, 1.165) is 23.1 Å². The topological polar surface area (TPSA) is 82.1 Å². The van der Waals surface area contributed by atoms with Crippen LogP contribution in [-0.2, 0) is 11.8 Å². The van der Waals surface area contributed by atoms with Crippen molar-refractivity contribution in [3.05, 3.63) is 42.1 Å². The molecule has 0 spiro atoms. The normalized spacial score (nSPS) is 20.8. The fourth-order valence-corrected chi connectivity index (χ4v) is 3.35. The maximum atomic E-state index is 6.37. The zero-order valence-electron chi connectivity index (χ0n) is 15.3. The van der Waals surface area contributed by atoms with Crippen molar-refractivity contribution in [1.82, 2.24) is 19.7 Å². The largest absolute Gasteiger partial charge is 0.383 e. The van der Waals surface area contributed by atoms with Gasteiger partial charge in [0.1, 0.15) is 11.9 Å². The molecule has 0 radical (unpaired) electrons. The molecule has 7 nitrogen and oxygen atoms in total. The summed E-state index contributed by atoms with van der Waals surface area (Å²) in [5.41, 5.74) is 8.07. The molecule has 1 aliphatic heterocycles. The van der Waals surface area contributed by atoms with E-state index in [-0.39, 0.29) is 12.2 Å². The van der Waals surface area contributed by atoms with Crippen LogP contribution in [0.15, 0.2) is 36.5 Å². The summed E-state index contributed by atoms with van der Waals surface area (Å²) in [4.78, 5) is 11.4. The van der Waals surface area contributed by atoms with Crippen LogP contribution in [0, 0.1) is 5.92 Å². The number of aryl methyl sites for hydroxylation is 1. The molecule has 2 N–H and O–H groups in total. The van der Waals surface area contributed by atoms with Crippen molar-refractivity contribution in [3.63, 3.8) is 0 Å². The van der Waals surface area contributed by atoms with E-state index in [9.17, 15) is 0 Å². The predicted octanol–water partition coefficient (Wildman–Crippen LogP) is 2.55. The molecule has 136 valence electrons. The molecule has 1 aromatic carbocycles. The second-order valence-corrected chi connectivity index (χ2v) is 7.14. The van der Waals surface area contributed by atoms with Crippen molar-refractivity contribution in [1.29, 1.82) is 0 Å². The summed E-state index contributed by atoms with van der Waals surface area (Å²) in [6.07, 6.45) is 1.78. The molecule has 0 saturated carbocycles. The molecule has 1 fully saturated rings. The Labute approximate surface area is 152 Å². The van der Waals surface area contributed by atoms with Crippen LogP contribution in [0.3, 0.4) is 0 Å². The van der Waals surface area contributed by atoms with Gasteiger partial charge in [0.05, 0.1) is 24.2 Å². The van der Waals surface area contributed by atoms with Crippen molar-refractivity contribution < 1.29 is 4.74 Å². The van der Waals surface area contributed by atoms with E-state index in [1.807, 2.05) is 25.2 Å². The third-order valence-electron chi connectivity index (χ3n) is 4.93. The Hall–Kier alpha value is -2.67. The van der Waals surface area contributed by atoms with Gasteiger partial charge in [-0.05, 0) is 11.5 Å². The van der Waals surface area contributed by atoms with Gasteiger partial charge in [0.15, 0.2) is 5.65 Å². The molecule has 0 amide bonds. The van der Waals surface area contributed by atoms with Crippen molar-refractivity contribution in [2.45, 2.75) is 26.1 Å². The van der Waals surface area contributed by atoms with Gasteiger partial charge in [0.2, 0.25) is 5.95 Å². The Balaban J connectivity index is 1.71. The molecular formula is C19H24N6O. The number of anilines is 2. The van der Waals surface area contributed by atoms with E-state index in [1.165, 1.54) is 0 Å². The van der Waals surface area contributed by atoms with Crippen LogP contribution in [0.4, 0.5) is 11.8 Å².